The molecule has 5 atom stereocenters. The van der Waals surface area contributed by atoms with E-state index >= 15 is 0 Å². The van der Waals surface area contributed by atoms with Gasteiger partial charge in [0.2, 0.25) is 11.8 Å². The van der Waals surface area contributed by atoms with E-state index in [-0.39, 0.29) is 18.0 Å². The summed E-state index contributed by atoms with van der Waals surface area (Å²) in [7, 11) is 1.52. The van der Waals surface area contributed by atoms with Crippen LogP contribution in [0.2, 0.25) is 10.0 Å². The zero-order valence-electron chi connectivity index (χ0n) is 19.3. The van der Waals surface area contributed by atoms with Gasteiger partial charge in [0.15, 0.2) is 0 Å². The van der Waals surface area contributed by atoms with Crippen LogP contribution < -0.4 is 15.0 Å². The summed E-state index contributed by atoms with van der Waals surface area (Å²) in [4.78, 5) is 44.9. The number of benzene rings is 2. The number of rotatable bonds is 2. The number of ether oxygens (including phenoxy) is 1. The molecule has 35 heavy (non-hydrogen) atoms. The van der Waals surface area contributed by atoms with Crippen LogP contribution in [0.1, 0.15) is 24.5 Å². The van der Waals surface area contributed by atoms with Crippen LogP contribution in [0.25, 0.3) is 0 Å². The van der Waals surface area contributed by atoms with Gasteiger partial charge >= 0.3 is 0 Å². The molecule has 2 aromatic rings. The van der Waals surface area contributed by atoms with Crippen molar-refractivity contribution >= 4 is 52.3 Å². The van der Waals surface area contributed by atoms with Crippen molar-refractivity contribution in [1.29, 1.82) is 0 Å². The summed E-state index contributed by atoms with van der Waals surface area (Å²) in [5.74, 6) is -2.62. The summed E-state index contributed by atoms with van der Waals surface area (Å²) < 4.78 is 5.36. The molecule has 2 aromatic carbocycles. The van der Waals surface area contributed by atoms with E-state index in [1.807, 2.05) is 11.8 Å². The first-order valence-corrected chi connectivity index (χ1v) is 12.1. The zero-order valence-corrected chi connectivity index (χ0v) is 20.8. The van der Waals surface area contributed by atoms with E-state index in [0.29, 0.717) is 27.7 Å². The van der Waals surface area contributed by atoms with Crippen molar-refractivity contribution in [1.82, 2.24) is 4.90 Å². The molecule has 4 aliphatic heterocycles. The van der Waals surface area contributed by atoms with Gasteiger partial charge in [-0.2, -0.15) is 0 Å². The number of aryl methyl sites for hydroxylation is 1. The lowest BCUT2D eigenvalue weighted by Crippen LogP contribution is -2.55. The fourth-order valence-electron chi connectivity index (χ4n) is 6.67. The van der Waals surface area contributed by atoms with E-state index in [0.717, 1.165) is 10.5 Å². The van der Waals surface area contributed by atoms with Crippen molar-refractivity contribution in [3.8, 4) is 5.75 Å². The van der Waals surface area contributed by atoms with Gasteiger partial charge in [-0.05, 0) is 50.1 Å². The molecule has 0 aliphatic carbocycles. The molecular weight excluding hydrogens is 493 g/mol. The number of carbonyl (C=O) groups excluding carboxylic acids is 3. The summed E-state index contributed by atoms with van der Waals surface area (Å²) >= 11 is 12.8. The molecular formula is C25H23Cl2N3O5. The minimum atomic E-state index is -1.52. The molecule has 8 nitrogen and oxygen atoms in total. The van der Waals surface area contributed by atoms with E-state index in [4.69, 9.17) is 27.9 Å². The highest BCUT2D eigenvalue weighted by molar-refractivity contribution is 6.38. The molecule has 10 heteroatoms. The van der Waals surface area contributed by atoms with Gasteiger partial charge < -0.3 is 15.2 Å². The highest BCUT2D eigenvalue weighted by Crippen LogP contribution is 2.62. The number of aliphatic hydroxyl groups is 1. The Hall–Kier alpha value is -2.65. The number of amides is 3. The van der Waals surface area contributed by atoms with E-state index < -0.39 is 46.7 Å². The van der Waals surface area contributed by atoms with Crippen LogP contribution in [0.3, 0.4) is 0 Å². The van der Waals surface area contributed by atoms with Crippen LogP contribution in [-0.2, 0) is 19.9 Å². The number of nitrogens with zero attached hydrogens (tertiary/aromatic N) is 2. The topological polar surface area (TPSA) is 99.2 Å². The van der Waals surface area contributed by atoms with E-state index in [2.05, 4.69) is 5.32 Å². The van der Waals surface area contributed by atoms with Crippen LogP contribution in [0.4, 0.5) is 11.4 Å². The van der Waals surface area contributed by atoms with E-state index in [1.54, 1.807) is 31.2 Å². The summed E-state index contributed by atoms with van der Waals surface area (Å²) in [6.45, 7) is 3.65. The van der Waals surface area contributed by atoms with E-state index in [1.165, 1.54) is 13.2 Å². The molecule has 0 bridgehead atoms. The predicted octanol–water partition coefficient (Wildman–Crippen LogP) is 3.10. The third kappa shape index (κ3) is 2.85. The van der Waals surface area contributed by atoms with E-state index in [9.17, 15) is 19.5 Å². The van der Waals surface area contributed by atoms with Crippen LogP contribution in [0.5, 0.6) is 5.75 Å². The van der Waals surface area contributed by atoms with Crippen LogP contribution >= 0.6 is 23.2 Å². The molecule has 3 saturated heterocycles. The Balaban J connectivity index is 1.58. The molecule has 6 rings (SSSR count). The number of methoxy groups -OCH3 is 1. The normalized spacial score (nSPS) is 33.4. The SMILES string of the molecule is COc1cc(C)cc(N2C(=O)C3C4C[C@](C)(O)CN4C4(C(=O)Nc5c(Cl)cc(Cl)cc54)C3C2=O)c1. The monoisotopic (exact) mass is 515 g/mol. The summed E-state index contributed by atoms with van der Waals surface area (Å²) in [6.07, 6.45) is 0.247. The Morgan fingerprint density at radius 2 is 1.86 bits per heavy atom. The summed E-state index contributed by atoms with van der Waals surface area (Å²) in [6, 6.07) is 7.82. The van der Waals surface area contributed by atoms with Gasteiger partial charge in [0.05, 0.1) is 40.9 Å². The first-order chi connectivity index (χ1) is 16.5. The third-order valence-corrected chi connectivity index (χ3v) is 8.33. The van der Waals surface area contributed by atoms with Crippen molar-refractivity contribution in [2.45, 2.75) is 37.5 Å². The molecule has 182 valence electrons. The maximum atomic E-state index is 14.1. The second-order valence-corrected chi connectivity index (χ2v) is 11.0. The number of anilines is 2. The van der Waals surface area contributed by atoms with Gasteiger partial charge in [-0.25, -0.2) is 4.90 Å². The summed E-state index contributed by atoms with van der Waals surface area (Å²) in [5, 5.41) is 14.4. The highest BCUT2D eigenvalue weighted by Gasteiger charge is 2.76. The fraction of sp³-hybridized carbons (Fsp3) is 0.400. The molecule has 4 heterocycles. The summed E-state index contributed by atoms with van der Waals surface area (Å²) in [5.41, 5.74) is -0.616. The molecule has 0 radical (unpaired) electrons. The number of hydrogen-bond acceptors (Lipinski definition) is 6. The molecule has 4 aliphatic rings. The second-order valence-electron chi connectivity index (χ2n) is 10.2. The Kier molecular flexibility index (Phi) is 4.69. The van der Waals surface area contributed by atoms with Crippen LogP contribution in [0, 0.1) is 18.8 Å². The lowest BCUT2D eigenvalue weighted by Gasteiger charge is -2.37. The van der Waals surface area contributed by atoms with Crippen molar-refractivity contribution in [2.75, 3.05) is 23.9 Å². The molecule has 4 unspecified atom stereocenters. The van der Waals surface area contributed by atoms with Gasteiger partial charge in [-0.3, -0.25) is 19.3 Å². The first-order valence-electron chi connectivity index (χ1n) is 11.3. The van der Waals surface area contributed by atoms with Gasteiger partial charge in [-0.15, -0.1) is 0 Å². The predicted molar refractivity (Wildman–Crippen MR) is 130 cm³/mol. The number of hydrogen-bond donors (Lipinski definition) is 2. The molecule has 3 amide bonds. The zero-order chi connectivity index (χ0) is 25.0. The minimum absolute atomic E-state index is 0.125. The number of halogens is 2. The Labute approximate surface area is 211 Å². The van der Waals surface area contributed by atoms with Gasteiger partial charge in [0.1, 0.15) is 11.3 Å². The van der Waals surface area contributed by atoms with Gasteiger partial charge in [0.25, 0.3) is 5.91 Å². The number of nitrogens with one attached hydrogen (secondary N) is 1. The second kappa shape index (κ2) is 7.20. The molecule has 2 N–H and O–H groups in total. The molecule has 3 fully saturated rings. The molecule has 0 saturated carbocycles. The van der Waals surface area contributed by atoms with Crippen molar-refractivity contribution in [3.63, 3.8) is 0 Å². The average molecular weight is 516 g/mol. The number of carbonyl (C=O) groups is 3. The minimum Gasteiger partial charge on any atom is -0.497 e. The highest BCUT2D eigenvalue weighted by atomic mass is 35.5. The van der Waals surface area contributed by atoms with Gasteiger partial charge in [0, 0.05) is 29.2 Å². The quantitative estimate of drug-likeness (QED) is 0.596. The lowest BCUT2D eigenvalue weighted by molar-refractivity contribution is -0.136. The van der Waals surface area contributed by atoms with Crippen LogP contribution in [-0.4, -0.2) is 53.0 Å². The third-order valence-electron chi connectivity index (χ3n) is 7.81. The van der Waals surface area contributed by atoms with Gasteiger partial charge in [-0.1, -0.05) is 23.2 Å². The largest absolute Gasteiger partial charge is 0.497 e. The van der Waals surface area contributed by atoms with Crippen LogP contribution in [0.15, 0.2) is 30.3 Å². The Bertz CT molecular complexity index is 1340. The Morgan fingerprint density at radius 1 is 1.11 bits per heavy atom. The van der Waals surface area contributed by atoms with Crippen molar-refractivity contribution in [2.24, 2.45) is 11.8 Å². The molecule has 1 spiro atoms. The molecule has 0 aromatic heterocycles. The Morgan fingerprint density at radius 3 is 2.57 bits per heavy atom. The number of fused-ring (bicyclic) bond motifs is 7. The smallest absolute Gasteiger partial charge is 0.250 e. The van der Waals surface area contributed by atoms with Crippen molar-refractivity contribution < 1.29 is 24.2 Å². The first kappa shape index (κ1) is 22.8. The lowest BCUT2D eigenvalue weighted by atomic mass is 9.74. The standard InChI is InChI=1S/C25H23Cl2N3O5/c1-11-4-13(8-14(5-11)35-3)30-21(31)18-17-9-24(2,34)10-29(17)25(19(18)22(30)32)15-6-12(26)7-16(27)20(15)28-23(25)33/h4-8,17-19,34H,9-10H2,1-3H3,(H,28,33)/t17?,18?,19?,24-,25?/m0/s1. The average Bonchev–Trinajstić information content (AvgIpc) is 3.41. The maximum absolute atomic E-state index is 14.1. The maximum Gasteiger partial charge on any atom is 0.250 e. The van der Waals surface area contributed by atoms with Crippen molar-refractivity contribution in [3.05, 3.63) is 51.5 Å². The fourth-order valence-corrected chi connectivity index (χ4v) is 7.21. The number of imide groups is 1.